The Morgan fingerprint density at radius 3 is 3.00 bits per heavy atom. The molecule has 0 saturated heterocycles. The van der Waals surface area contributed by atoms with Crippen molar-refractivity contribution in [2.24, 2.45) is 5.92 Å². The Morgan fingerprint density at radius 1 is 1.35 bits per heavy atom. The van der Waals surface area contributed by atoms with Gasteiger partial charge in [-0.2, -0.15) is 0 Å². The van der Waals surface area contributed by atoms with Crippen LogP contribution in [0.1, 0.15) is 42.1 Å². The third-order valence-electron chi connectivity index (χ3n) is 3.51. The van der Waals surface area contributed by atoms with Crippen molar-refractivity contribution in [1.29, 1.82) is 0 Å². The molecule has 1 atom stereocenters. The van der Waals surface area contributed by atoms with Crippen LogP contribution in [0.5, 0.6) is 0 Å². The summed E-state index contributed by atoms with van der Waals surface area (Å²) in [5.41, 5.74) is 2.17. The summed E-state index contributed by atoms with van der Waals surface area (Å²) in [6.45, 7) is 4.05. The molecule has 2 nitrogen and oxygen atoms in total. The Bertz CT molecular complexity index is 386. The van der Waals surface area contributed by atoms with E-state index in [1.54, 1.807) is 0 Å². The summed E-state index contributed by atoms with van der Waals surface area (Å²) >= 11 is 0. The van der Waals surface area contributed by atoms with E-state index in [9.17, 15) is 4.79 Å². The first kappa shape index (κ1) is 12.3. The molecule has 92 valence electrons. The third-order valence-corrected chi connectivity index (χ3v) is 3.51. The maximum atomic E-state index is 12.2. The number of Topliss-reactive ketones (excluding diaryl/α,β-unsaturated/α-hetero) is 1. The largest absolute Gasteiger partial charge is 0.316 e. The van der Waals surface area contributed by atoms with Gasteiger partial charge in [0.15, 0.2) is 5.78 Å². The molecule has 1 aromatic rings. The molecule has 0 radical (unpaired) electrons. The zero-order valence-corrected chi connectivity index (χ0v) is 10.5. The fourth-order valence-corrected chi connectivity index (χ4v) is 2.43. The number of rotatable bonds is 5. The number of carbonyl (C=O) groups is 1. The Morgan fingerprint density at radius 2 is 2.18 bits per heavy atom. The molecule has 0 saturated carbocycles. The fraction of sp³-hybridized carbons (Fsp3) is 0.533. The average Bonchev–Trinajstić information content (AvgIpc) is 2.37. The maximum Gasteiger partial charge on any atom is 0.167 e. The summed E-state index contributed by atoms with van der Waals surface area (Å²) in [6, 6.07) is 8.03. The van der Waals surface area contributed by atoms with Crippen molar-refractivity contribution < 1.29 is 4.79 Å². The quantitative estimate of drug-likeness (QED) is 0.789. The van der Waals surface area contributed by atoms with E-state index in [2.05, 4.69) is 18.3 Å². The van der Waals surface area contributed by atoms with Gasteiger partial charge >= 0.3 is 0 Å². The number of unbranched alkanes of at least 4 members (excludes halogenated alkanes) is 1. The van der Waals surface area contributed by atoms with Gasteiger partial charge in [0.1, 0.15) is 0 Å². The van der Waals surface area contributed by atoms with Crippen LogP contribution in [-0.2, 0) is 6.42 Å². The molecule has 0 bridgehead atoms. The summed E-state index contributed by atoms with van der Waals surface area (Å²) in [5.74, 6) is 0.512. The average molecular weight is 231 g/mol. The van der Waals surface area contributed by atoms with Crippen LogP contribution in [0.4, 0.5) is 0 Å². The first-order valence-corrected chi connectivity index (χ1v) is 6.65. The lowest BCUT2D eigenvalue weighted by Crippen LogP contribution is -2.32. The molecule has 0 amide bonds. The van der Waals surface area contributed by atoms with Gasteiger partial charge in [0.25, 0.3) is 0 Å². The molecule has 1 aliphatic carbocycles. The number of fused-ring (bicyclic) bond motifs is 1. The number of nitrogens with one attached hydrogen (secondary N) is 1. The van der Waals surface area contributed by atoms with E-state index < -0.39 is 0 Å². The van der Waals surface area contributed by atoms with E-state index in [0.29, 0.717) is 5.78 Å². The van der Waals surface area contributed by atoms with Crippen LogP contribution in [0.3, 0.4) is 0 Å². The third kappa shape index (κ3) is 2.95. The molecule has 2 heteroatoms. The molecular formula is C15H21NO. The van der Waals surface area contributed by atoms with Gasteiger partial charge in [-0.3, -0.25) is 4.79 Å². The molecule has 1 N–H and O–H groups in total. The standard InChI is InChI=1S/C15H21NO/c1-2-3-10-16-11-13-9-8-12-6-4-5-7-14(12)15(13)17/h4-7,13,16H,2-3,8-11H2,1H3. The number of carbonyl (C=O) groups excluding carboxylic acids is 1. The SMILES string of the molecule is CCCCNCC1CCc2ccccc2C1=O. The zero-order chi connectivity index (χ0) is 12.1. The van der Waals surface area contributed by atoms with Crippen molar-refractivity contribution in [3.8, 4) is 0 Å². The Hall–Kier alpha value is -1.15. The lowest BCUT2D eigenvalue weighted by molar-refractivity contribution is 0.0901. The van der Waals surface area contributed by atoms with Crippen molar-refractivity contribution >= 4 is 5.78 Å². The zero-order valence-electron chi connectivity index (χ0n) is 10.5. The number of ketones is 1. The molecule has 0 heterocycles. The summed E-state index contributed by atoms with van der Waals surface area (Å²) in [7, 11) is 0. The highest BCUT2D eigenvalue weighted by Gasteiger charge is 2.26. The first-order valence-electron chi connectivity index (χ1n) is 6.65. The van der Waals surface area contributed by atoms with Crippen LogP contribution in [0.15, 0.2) is 24.3 Å². The minimum Gasteiger partial charge on any atom is -0.316 e. The van der Waals surface area contributed by atoms with Crippen molar-refractivity contribution in [2.45, 2.75) is 32.6 Å². The summed E-state index contributed by atoms with van der Waals surface area (Å²) < 4.78 is 0. The minimum absolute atomic E-state index is 0.182. The highest BCUT2D eigenvalue weighted by molar-refractivity contribution is 6.00. The van der Waals surface area contributed by atoms with E-state index in [4.69, 9.17) is 0 Å². The molecule has 0 aliphatic heterocycles. The normalized spacial score (nSPS) is 19.1. The number of hydrogen-bond acceptors (Lipinski definition) is 2. The molecule has 17 heavy (non-hydrogen) atoms. The van der Waals surface area contributed by atoms with Gasteiger partial charge in [0, 0.05) is 18.0 Å². The van der Waals surface area contributed by atoms with Gasteiger partial charge in [-0.05, 0) is 31.4 Å². The number of aryl methyl sites for hydroxylation is 1. The minimum atomic E-state index is 0.182. The van der Waals surface area contributed by atoms with Gasteiger partial charge in [0.2, 0.25) is 0 Å². The van der Waals surface area contributed by atoms with Crippen molar-refractivity contribution in [3.63, 3.8) is 0 Å². The molecule has 2 rings (SSSR count). The van der Waals surface area contributed by atoms with Gasteiger partial charge in [-0.15, -0.1) is 0 Å². The molecule has 1 unspecified atom stereocenters. The summed E-state index contributed by atoms with van der Waals surface area (Å²) in [6.07, 6.45) is 4.43. The fourth-order valence-electron chi connectivity index (χ4n) is 2.43. The molecule has 1 aliphatic rings. The smallest absolute Gasteiger partial charge is 0.167 e. The van der Waals surface area contributed by atoms with Crippen molar-refractivity contribution in [3.05, 3.63) is 35.4 Å². The van der Waals surface area contributed by atoms with E-state index in [-0.39, 0.29) is 5.92 Å². The Kier molecular flexibility index (Phi) is 4.32. The molecule has 0 fully saturated rings. The Balaban J connectivity index is 1.93. The van der Waals surface area contributed by atoms with E-state index in [0.717, 1.165) is 31.5 Å². The van der Waals surface area contributed by atoms with Gasteiger partial charge in [-0.1, -0.05) is 37.6 Å². The second-order valence-corrected chi connectivity index (χ2v) is 4.81. The number of benzene rings is 1. The second kappa shape index (κ2) is 5.97. The van der Waals surface area contributed by atoms with Crippen molar-refractivity contribution in [2.75, 3.05) is 13.1 Å². The van der Waals surface area contributed by atoms with Crippen LogP contribution < -0.4 is 5.32 Å². The first-order chi connectivity index (χ1) is 8.33. The highest BCUT2D eigenvalue weighted by Crippen LogP contribution is 2.24. The van der Waals surface area contributed by atoms with Gasteiger partial charge in [0.05, 0.1) is 0 Å². The van der Waals surface area contributed by atoms with Crippen LogP contribution in [-0.4, -0.2) is 18.9 Å². The predicted octanol–water partition coefficient (Wildman–Crippen LogP) is 2.82. The molecule has 0 spiro atoms. The molecule has 0 aromatic heterocycles. The van der Waals surface area contributed by atoms with Gasteiger partial charge in [-0.25, -0.2) is 0 Å². The van der Waals surface area contributed by atoms with E-state index in [1.807, 2.05) is 18.2 Å². The number of hydrogen-bond donors (Lipinski definition) is 1. The molecule has 1 aromatic carbocycles. The lowest BCUT2D eigenvalue weighted by Gasteiger charge is -2.23. The van der Waals surface area contributed by atoms with Crippen LogP contribution in [0, 0.1) is 5.92 Å². The highest BCUT2D eigenvalue weighted by atomic mass is 16.1. The van der Waals surface area contributed by atoms with E-state index >= 15 is 0 Å². The topological polar surface area (TPSA) is 29.1 Å². The summed E-state index contributed by atoms with van der Waals surface area (Å²) in [4.78, 5) is 12.2. The van der Waals surface area contributed by atoms with Crippen LogP contribution >= 0.6 is 0 Å². The van der Waals surface area contributed by atoms with Crippen molar-refractivity contribution in [1.82, 2.24) is 5.32 Å². The summed E-state index contributed by atoms with van der Waals surface area (Å²) in [5, 5.41) is 3.40. The lowest BCUT2D eigenvalue weighted by atomic mass is 9.83. The molecular weight excluding hydrogens is 210 g/mol. The Labute approximate surface area is 103 Å². The maximum absolute atomic E-state index is 12.2. The predicted molar refractivity (Wildman–Crippen MR) is 70.4 cm³/mol. The van der Waals surface area contributed by atoms with Gasteiger partial charge < -0.3 is 5.32 Å². The van der Waals surface area contributed by atoms with Crippen LogP contribution in [0.2, 0.25) is 0 Å². The monoisotopic (exact) mass is 231 g/mol. The van der Waals surface area contributed by atoms with Crippen LogP contribution in [0.25, 0.3) is 0 Å². The van der Waals surface area contributed by atoms with E-state index in [1.165, 1.54) is 18.4 Å². The second-order valence-electron chi connectivity index (χ2n) is 4.81.